The van der Waals surface area contributed by atoms with E-state index in [1.807, 2.05) is 26.0 Å². The summed E-state index contributed by atoms with van der Waals surface area (Å²) in [6.45, 7) is 5.88. The molecule has 0 aliphatic rings. The Hall–Kier alpha value is -1.20. The monoisotopic (exact) mass is 329 g/mol. The van der Waals surface area contributed by atoms with Gasteiger partial charge in [0.25, 0.3) is 0 Å². The third-order valence-corrected chi connectivity index (χ3v) is 4.05. The first-order chi connectivity index (χ1) is 9.79. The van der Waals surface area contributed by atoms with Crippen molar-refractivity contribution in [2.24, 2.45) is 5.92 Å². The topological polar surface area (TPSA) is 57.6 Å². The van der Waals surface area contributed by atoms with Gasteiger partial charge in [0, 0.05) is 16.5 Å². The summed E-state index contributed by atoms with van der Waals surface area (Å²) in [4.78, 5) is 25.6. The van der Waals surface area contributed by atoms with Gasteiger partial charge in [-0.2, -0.15) is 0 Å². The van der Waals surface area contributed by atoms with Gasteiger partial charge in [0.05, 0.1) is 5.25 Å². The highest BCUT2D eigenvalue weighted by molar-refractivity contribution is 8.00. The van der Waals surface area contributed by atoms with E-state index in [1.165, 1.54) is 16.7 Å². The van der Waals surface area contributed by atoms with Gasteiger partial charge in [0.15, 0.2) is 0 Å². The average Bonchev–Trinajstić information content (AvgIpc) is 2.38. The molecule has 0 saturated heterocycles. The van der Waals surface area contributed by atoms with Crippen molar-refractivity contribution < 1.29 is 14.7 Å². The third-order valence-electron chi connectivity index (χ3n) is 2.70. The van der Waals surface area contributed by atoms with Crippen molar-refractivity contribution in [3.8, 4) is 0 Å². The van der Waals surface area contributed by atoms with Gasteiger partial charge in [-0.3, -0.25) is 9.59 Å². The number of hydrogen-bond acceptors (Lipinski definition) is 3. The van der Waals surface area contributed by atoms with E-state index in [4.69, 9.17) is 16.7 Å². The molecule has 0 spiro atoms. The van der Waals surface area contributed by atoms with Gasteiger partial charge in [-0.15, -0.1) is 11.8 Å². The SMILES string of the molecule is CC(C)CN(CC(=O)O)C(=O)C(C)Sc1ccc(Cl)cc1. The van der Waals surface area contributed by atoms with E-state index >= 15 is 0 Å². The molecule has 6 heteroatoms. The standard InChI is InChI=1S/C15H20ClNO3S/c1-10(2)8-17(9-14(18)19)15(20)11(3)21-13-6-4-12(16)5-7-13/h4-7,10-11H,8-9H2,1-3H3,(H,18,19). The zero-order valence-electron chi connectivity index (χ0n) is 12.4. The van der Waals surface area contributed by atoms with Crippen molar-refractivity contribution in [1.29, 1.82) is 0 Å². The summed E-state index contributed by atoms with van der Waals surface area (Å²) in [5, 5.41) is 9.23. The van der Waals surface area contributed by atoms with Crippen LogP contribution < -0.4 is 0 Å². The molecule has 1 amide bonds. The summed E-state index contributed by atoms with van der Waals surface area (Å²) in [5.41, 5.74) is 0. The van der Waals surface area contributed by atoms with Crippen LogP contribution in [0, 0.1) is 5.92 Å². The second-order valence-electron chi connectivity index (χ2n) is 5.22. The molecule has 1 aromatic carbocycles. The van der Waals surface area contributed by atoms with Gasteiger partial charge in [0.2, 0.25) is 5.91 Å². The molecule has 0 aliphatic heterocycles. The number of nitrogens with zero attached hydrogens (tertiary/aromatic N) is 1. The first kappa shape index (κ1) is 17.9. The fraction of sp³-hybridized carbons (Fsp3) is 0.467. The third kappa shape index (κ3) is 6.40. The Morgan fingerprint density at radius 2 is 1.81 bits per heavy atom. The molecule has 1 aromatic rings. The number of rotatable bonds is 7. The Morgan fingerprint density at radius 3 is 2.29 bits per heavy atom. The van der Waals surface area contributed by atoms with E-state index in [2.05, 4.69) is 0 Å². The van der Waals surface area contributed by atoms with Crippen LogP contribution in [0.1, 0.15) is 20.8 Å². The number of carboxylic acid groups (broad SMARTS) is 1. The molecule has 21 heavy (non-hydrogen) atoms. The van der Waals surface area contributed by atoms with E-state index in [0.717, 1.165) is 4.90 Å². The highest BCUT2D eigenvalue weighted by atomic mass is 35.5. The first-order valence-corrected chi connectivity index (χ1v) is 7.98. The quantitative estimate of drug-likeness (QED) is 0.779. The maximum Gasteiger partial charge on any atom is 0.323 e. The summed E-state index contributed by atoms with van der Waals surface area (Å²) in [6.07, 6.45) is 0. The molecule has 0 fully saturated rings. The van der Waals surface area contributed by atoms with E-state index in [-0.39, 0.29) is 23.6 Å². The Balaban J connectivity index is 2.72. The van der Waals surface area contributed by atoms with Gasteiger partial charge in [-0.1, -0.05) is 25.4 Å². The van der Waals surface area contributed by atoms with E-state index in [1.54, 1.807) is 19.1 Å². The summed E-state index contributed by atoms with van der Waals surface area (Å²) in [6, 6.07) is 7.23. The van der Waals surface area contributed by atoms with Crippen LogP contribution in [-0.2, 0) is 9.59 Å². The molecular formula is C15H20ClNO3S. The predicted octanol–water partition coefficient (Wildman–Crippen LogP) is 3.39. The van der Waals surface area contributed by atoms with Crippen molar-refractivity contribution >= 4 is 35.2 Å². The average molecular weight is 330 g/mol. The predicted molar refractivity (Wildman–Crippen MR) is 85.8 cm³/mol. The van der Waals surface area contributed by atoms with Crippen molar-refractivity contribution in [2.45, 2.75) is 30.9 Å². The first-order valence-electron chi connectivity index (χ1n) is 6.72. The fourth-order valence-electron chi connectivity index (χ4n) is 1.86. The fourth-order valence-corrected chi connectivity index (χ4v) is 2.94. The molecular weight excluding hydrogens is 310 g/mol. The molecule has 4 nitrogen and oxygen atoms in total. The van der Waals surface area contributed by atoms with E-state index in [9.17, 15) is 9.59 Å². The van der Waals surface area contributed by atoms with Crippen LogP contribution >= 0.6 is 23.4 Å². The van der Waals surface area contributed by atoms with Gasteiger partial charge >= 0.3 is 5.97 Å². The molecule has 0 bridgehead atoms. The number of carboxylic acids is 1. The zero-order chi connectivity index (χ0) is 16.0. The van der Waals surface area contributed by atoms with Gasteiger partial charge < -0.3 is 10.0 Å². The molecule has 0 saturated carbocycles. The van der Waals surface area contributed by atoms with Crippen LogP contribution in [0.5, 0.6) is 0 Å². The smallest absolute Gasteiger partial charge is 0.323 e. The number of benzene rings is 1. The van der Waals surface area contributed by atoms with Crippen molar-refractivity contribution in [2.75, 3.05) is 13.1 Å². The molecule has 0 aliphatic carbocycles. The second kappa shape index (κ2) is 8.29. The lowest BCUT2D eigenvalue weighted by Gasteiger charge is -2.25. The summed E-state index contributed by atoms with van der Waals surface area (Å²) in [7, 11) is 0. The van der Waals surface area contributed by atoms with Crippen LogP contribution in [0.15, 0.2) is 29.2 Å². The zero-order valence-corrected chi connectivity index (χ0v) is 13.9. The summed E-state index contributed by atoms with van der Waals surface area (Å²) >= 11 is 7.23. The van der Waals surface area contributed by atoms with E-state index < -0.39 is 5.97 Å². The summed E-state index contributed by atoms with van der Waals surface area (Å²) < 4.78 is 0. The number of carbonyl (C=O) groups excluding carboxylic acids is 1. The molecule has 1 atom stereocenters. The summed E-state index contributed by atoms with van der Waals surface area (Å²) in [5.74, 6) is -0.931. The second-order valence-corrected chi connectivity index (χ2v) is 7.07. The number of carbonyl (C=O) groups is 2. The van der Waals surface area contributed by atoms with Crippen molar-refractivity contribution in [3.63, 3.8) is 0 Å². The normalized spacial score (nSPS) is 12.2. The molecule has 1 unspecified atom stereocenters. The maximum atomic E-state index is 12.4. The lowest BCUT2D eigenvalue weighted by Crippen LogP contribution is -2.42. The van der Waals surface area contributed by atoms with Gasteiger partial charge in [-0.05, 0) is 37.1 Å². The number of amides is 1. The highest BCUT2D eigenvalue weighted by Gasteiger charge is 2.23. The molecule has 1 rings (SSSR count). The van der Waals surface area contributed by atoms with E-state index in [0.29, 0.717) is 11.6 Å². The largest absolute Gasteiger partial charge is 0.480 e. The highest BCUT2D eigenvalue weighted by Crippen LogP contribution is 2.26. The number of aliphatic carboxylic acids is 1. The van der Waals surface area contributed by atoms with Crippen LogP contribution in [0.25, 0.3) is 0 Å². The van der Waals surface area contributed by atoms with Gasteiger partial charge in [-0.25, -0.2) is 0 Å². The van der Waals surface area contributed by atoms with Crippen LogP contribution in [0.3, 0.4) is 0 Å². The molecule has 0 heterocycles. The minimum Gasteiger partial charge on any atom is -0.480 e. The lowest BCUT2D eigenvalue weighted by molar-refractivity contribution is -0.144. The Bertz CT molecular complexity index is 490. The number of thioether (sulfide) groups is 1. The molecule has 0 radical (unpaired) electrons. The van der Waals surface area contributed by atoms with Crippen molar-refractivity contribution in [1.82, 2.24) is 4.90 Å². The van der Waals surface area contributed by atoms with Crippen LogP contribution in [0.2, 0.25) is 5.02 Å². The Labute approximate surface area is 134 Å². The van der Waals surface area contributed by atoms with Crippen molar-refractivity contribution in [3.05, 3.63) is 29.3 Å². The lowest BCUT2D eigenvalue weighted by atomic mass is 10.2. The molecule has 116 valence electrons. The number of halogens is 1. The minimum absolute atomic E-state index is 0.161. The number of hydrogen-bond donors (Lipinski definition) is 1. The molecule has 1 N–H and O–H groups in total. The van der Waals surface area contributed by atoms with Crippen LogP contribution in [0.4, 0.5) is 0 Å². The van der Waals surface area contributed by atoms with Gasteiger partial charge in [0.1, 0.15) is 6.54 Å². The Kier molecular flexibility index (Phi) is 7.05. The maximum absolute atomic E-state index is 12.4. The molecule has 0 aromatic heterocycles. The minimum atomic E-state index is -0.993. The van der Waals surface area contributed by atoms with Crippen LogP contribution in [-0.4, -0.2) is 40.2 Å². The Morgan fingerprint density at radius 1 is 1.24 bits per heavy atom.